The molecule has 0 aliphatic carbocycles. The molecule has 3 saturated heterocycles. The lowest BCUT2D eigenvalue weighted by atomic mass is 9.87. The second-order valence-electron chi connectivity index (χ2n) is 6.99. The van der Waals surface area contributed by atoms with E-state index in [0.29, 0.717) is 18.5 Å². The van der Waals surface area contributed by atoms with Gasteiger partial charge in [0, 0.05) is 51.0 Å². The molecule has 1 spiro atoms. The molecule has 0 radical (unpaired) electrons. The first-order valence-electron chi connectivity index (χ1n) is 8.86. The fourth-order valence-corrected chi connectivity index (χ4v) is 4.16. The molecule has 0 saturated carbocycles. The van der Waals surface area contributed by atoms with Crippen molar-refractivity contribution in [3.8, 4) is 5.88 Å². The molecule has 1 atom stereocenters. The normalized spacial score (nSPS) is 29.0. The average Bonchev–Trinajstić information content (AvgIpc) is 2.99. The average molecular weight is 318 g/mol. The number of aromatic nitrogens is 1. The van der Waals surface area contributed by atoms with Gasteiger partial charge in [-0.25, -0.2) is 4.98 Å². The van der Waals surface area contributed by atoms with Crippen LogP contribution < -0.4 is 4.74 Å². The lowest BCUT2D eigenvalue weighted by Crippen LogP contribution is -2.49. The number of likely N-dealkylation sites (tertiary alicyclic amines) is 1. The molecule has 0 N–H and O–H groups in total. The minimum atomic E-state index is 0.0289. The van der Waals surface area contributed by atoms with Crippen molar-refractivity contribution in [1.82, 2.24) is 9.88 Å². The minimum absolute atomic E-state index is 0.0289. The Hall–Kier alpha value is -1.17. The summed E-state index contributed by atoms with van der Waals surface area (Å²) in [5.41, 5.74) is 0.0289. The molecule has 23 heavy (non-hydrogen) atoms. The SMILES string of the molecule is c1ccc(O[C@@H]2COC3(CCN(C4CCOCC4)CC3)C2)nc1. The van der Waals surface area contributed by atoms with Gasteiger partial charge < -0.3 is 14.2 Å². The van der Waals surface area contributed by atoms with E-state index >= 15 is 0 Å². The molecule has 4 rings (SSSR count). The highest BCUT2D eigenvalue weighted by atomic mass is 16.6. The number of piperidine rings is 1. The van der Waals surface area contributed by atoms with Crippen LogP contribution in [0, 0.1) is 0 Å². The Balaban J connectivity index is 1.29. The number of hydrogen-bond donors (Lipinski definition) is 0. The molecule has 0 bridgehead atoms. The Morgan fingerprint density at radius 1 is 1.17 bits per heavy atom. The molecule has 5 heteroatoms. The highest BCUT2D eigenvalue weighted by Crippen LogP contribution is 2.38. The molecule has 1 aromatic heterocycles. The van der Waals surface area contributed by atoms with Crippen molar-refractivity contribution in [2.75, 3.05) is 32.9 Å². The van der Waals surface area contributed by atoms with Crippen molar-refractivity contribution >= 4 is 0 Å². The highest BCUT2D eigenvalue weighted by molar-refractivity contribution is 5.10. The standard InChI is InChI=1S/C18H26N2O3/c1-2-8-19-17(3-1)23-16-13-18(22-14-16)6-9-20(10-7-18)15-4-11-21-12-5-15/h1-3,8,15-16H,4-7,9-14H2/t16-/m0/s1. The van der Waals surface area contributed by atoms with Gasteiger partial charge in [0.25, 0.3) is 0 Å². The van der Waals surface area contributed by atoms with E-state index < -0.39 is 0 Å². The number of hydrogen-bond acceptors (Lipinski definition) is 5. The van der Waals surface area contributed by atoms with Crippen molar-refractivity contribution < 1.29 is 14.2 Å². The molecule has 0 unspecified atom stereocenters. The number of pyridine rings is 1. The van der Waals surface area contributed by atoms with Crippen LogP contribution in [0.2, 0.25) is 0 Å². The molecule has 126 valence electrons. The van der Waals surface area contributed by atoms with E-state index in [0.717, 1.165) is 45.6 Å². The molecule has 4 heterocycles. The van der Waals surface area contributed by atoms with Crippen LogP contribution >= 0.6 is 0 Å². The van der Waals surface area contributed by atoms with Gasteiger partial charge in [-0.1, -0.05) is 6.07 Å². The summed E-state index contributed by atoms with van der Waals surface area (Å²) in [6.45, 7) is 4.81. The zero-order valence-corrected chi connectivity index (χ0v) is 13.7. The van der Waals surface area contributed by atoms with Crippen LogP contribution in [0.4, 0.5) is 0 Å². The van der Waals surface area contributed by atoms with Crippen LogP contribution in [0.5, 0.6) is 5.88 Å². The summed E-state index contributed by atoms with van der Waals surface area (Å²) < 4.78 is 17.7. The lowest BCUT2D eigenvalue weighted by Gasteiger charge is -2.43. The summed E-state index contributed by atoms with van der Waals surface area (Å²) in [7, 11) is 0. The van der Waals surface area contributed by atoms with E-state index in [1.165, 1.54) is 12.8 Å². The van der Waals surface area contributed by atoms with Crippen LogP contribution in [0.3, 0.4) is 0 Å². The summed E-state index contributed by atoms with van der Waals surface area (Å²) in [4.78, 5) is 6.89. The molecule has 3 aliphatic heterocycles. The van der Waals surface area contributed by atoms with Gasteiger partial charge in [0.05, 0.1) is 12.2 Å². The first-order chi connectivity index (χ1) is 11.3. The topological polar surface area (TPSA) is 43.8 Å². The summed E-state index contributed by atoms with van der Waals surface area (Å²) in [6, 6.07) is 6.49. The van der Waals surface area contributed by atoms with E-state index in [9.17, 15) is 0 Å². The Morgan fingerprint density at radius 2 is 2.00 bits per heavy atom. The number of rotatable bonds is 3. The van der Waals surface area contributed by atoms with E-state index in [-0.39, 0.29) is 11.7 Å². The van der Waals surface area contributed by atoms with Gasteiger partial charge in [0.2, 0.25) is 5.88 Å². The Morgan fingerprint density at radius 3 is 2.74 bits per heavy atom. The zero-order chi connectivity index (χ0) is 15.5. The van der Waals surface area contributed by atoms with Gasteiger partial charge in [-0.15, -0.1) is 0 Å². The van der Waals surface area contributed by atoms with Crippen molar-refractivity contribution in [2.24, 2.45) is 0 Å². The van der Waals surface area contributed by atoms with Gasteiger partial charge >= 0.3 is 0 Å². The van der Waals surface area contributed by atoms with Gasteiger partial charge in [-0.2, -0.15) is 0 Å². The molecule has 0 aromatic carbocycles. The third kappa shape index (κ3) is 3.52. The van der Waals surface area contributed by atoms with Gasteiger partial charge in [0.1, 0.15) is 6.10 Å². The van der Waals surface area contributed by atoms with Crippen molar-refractivity contribution in [3.63, 3.8) is 0 Å². The van der Waals surface area contributed by atoms with Crippen molar-refractivity contribution in [1.29, 1.82) is 0 Å². The van der Waals surface area contributed by atoms with Crippen LogP contribution in [-0.2, 0) is 9.47 Å². The molecule has 3 aliphatic rings. The number of ether oxygens (including phenoxy) is 3. The quantitative estimate of drug-likeness (QED) is 0.855. The lowest BCUT2D eigenvalue weighted by molar-refractivity contribution is -0.0616. The van der Waals surface area contributed by atoms with Gasteiger partial charge in [-0.3, -0.25) is 4.90 Å². The smallest absolute Gasteiger partial charge is 0.213 e. The maximum atomic E-state index is 6.20. The van der Waals surface area contributed by atoms with Gasteiger partial charge in [0.15, 0.2) is 0 Å². The molecule has 5 nitrogen and oxygen atoms in total. The van der Waals surface area contributed by atoms with Crippen molar-refractivity contribution in [3.05, 3.63) is 24.4 Å². The predicted octanol–water partition coefficient (Wildman–Crippen LogP) is 2.26. The fourth-order valence-electron chi connectivity index (χ4n) is 4.16. The molecule has 0 amide bonds. The van der Waals surface area contributed by atoms with Crippen molar-refractivity contribution in [2.45, 2.75) is 49.9 Å². The third-order valence-corrected chi connectivity index (χ3v) is 5.52. The molecular formula is C18H26N2O3. The van der Waals surface area contributed by atoms with Crippen LogP contribution in [-0.4, -0.2) is 60.5 Å². The van der Waals surface area contributed by atoms with E-state index in [4.69, 9.17) is 14.2 Å². The van der Waals surface area contributed by atoms with E-state index in [1.807, 2.05) is 18.2 Å². The summed E-state index contributed by atoms with van der Waals surface area (Å²) in [5.74, 6) is 0.706. The largest absolute Gasteiger partial charge is 0.472 e. The third-order valence-electron chi connectivity index (χ3n) is 5.52. The summed E-state index contributed by atoms with van der Waals surface area (Å²) in [6.07, 6.45) is 7.50. The maximum Gasteiger partial charge on any atom is 0.213 e. The number of nitrogens with zero attached hydrogens (tertiary/aromatic N) is 2. The van der Waals surface area contributed by atoms with E-state index in [1.54, 1.807) is 6.20 Å². The Labute approximate surface area is 137 Å². The second-order valence-corrected chi connectivity index (χ2v) is 6.99. The summed E-state index contributed by atoms with van der Waals surface area (Å²) >= 11 is 0. The van der Waals surface area contributed by atoms with Crippen LogP contribution in [0.15, 0.2) is 24.4 Å². The molecule has 1 aromatic rings. The molecular weight excluding hydrogens is 292 g/mol. The second kappa shape index (κ2) is 6.75. The minimum Gasteiger partial charge on any atom is -0.472 e. The fraction of sp³-hybridized carbons (Fsp3) is 0.722. The van der Waals surface area contributed by atoms with Gasteiger partial charge in [-0.05, 0) is 31.7 Å². The first kappa shape index (κ1) is 15.4. The Bertz CT molecular complexity index is 496. The summed E-state index contributed by atoms with van der Waals surface area (Å²) in [5, 5.41) is 0. The van der Waals surface area contributed by atoms with Crippen LogP contribution in [0.25, 0.3) is 0 Å². The highest BCUT2D eigenvalue weighted by Gasteiger charge is 2.44. The Kier molecular flexibility index (Phi) is 4.51. The zero-order valence-electron chi connectivity index (χ0n) is 13.7. The van der Waals surface area contributed by atoms with E-state index in [2.05, 4.69) is 9.88 Å². The maximum absolute atomic E-state index is 6.20. The predicted molar refractivity (Wildman–Crippen MR) is 86.6 cm³/mol. The molecule has 3 fully saturated rings. The van der Waals surface area contributed by atoms with Crippen LogP contribution in [0.1, 0.15) is 32.1 Å². The first-order valence-corrected chi connectivity index (χ1v) is 8.86. The monoisotopic (exact) mass is 318 g/mol.